The fourth-order valence-corrected chi connectivity index (χ4v) is 2.07. The van der Waals surface area contributed by atoms with Crippen LogP contribution in [0.3, 0.4) is 0 Å². The van der Waals surface area contributed by atoms with Gasteiger partial charge in [0.15, 0.2) is 6.10 Å². The van der Waals surface area contributed by atoms with E-state index in [0.29, 0.717) is 17.9 Å². The molecule has 0 radical (unpaired) electrons. The van der Waals surface area contributed by atoms with Gasteiger partial charge in [-0.1, -0.05) is 12.1 Å². The van der Waals surface area contributed by atoms with Gasteiger partial charge in [-0.25, -0.2) is 0 Å². The molecule has 1 atom stereocenters. The summed E-state index contributed by atoms with van der Waals surface area (Å²) in [7, 11) is 3.19. The SMILES string of the molecule is COc1cccc(C(O)C(=O)N(C)Cc2ccoc2C)c1. The molecule has 0 aliphatic carbocycles. The van der Waals surface area contributed by atoms with Gasteiger partial charge in [-0.3, -0.25) is 4.79 Å². The van der Waals surface area contributed by atoms with E-state index in [2.05, 4.69) is 0 Å². The Bertz CT molecular complexity index is 620. The highest BCUT2D eigenvalue weighted by Gasteiger charge is 2.22. The third-order valence-electron chi connectivity index (χ3n) is 3.39. The maximum atomic E-state index is 12.3. The summed E-state index contributed by atoms with van der Waals surface area (Å²) in [5.41, 5.74) is 1.43. The van der Waals surface area contributed by atoms with Gasteiger partial charge in [0.1, 0.15) is 11.5 Å². The Kier molecular flexibility index (Phi) is 4.65. The molecule has 1 N–H and O–H groups in total. The van der Waals surface area contributed by atoms with E-state index in [0.717, 1.165) is 11.3 Å². The van der Waals surface area contributed by atoms with Gasteiger partial charge in [0.25, 0.3) is 5.91 Å². The zero-order chi connectivity index (χ0) is 15.4. The third-order valence-corrected chi connectivity index (χ3v) is 3.39. The Morgan fingerprint density at radius 3 is 2.81 bits per heavy atom. The van der Waals surface area contributed by atoms with E-state index < -0.39 is 6.10 Å². The van der Waals surface area contributed by atoms with Gasteiger partial charge in [0.05, 0.1) is 13.4 Å². The molecule has 1 heterocycles. The third kappa shape index (κ3) is 3.44. The molecule has 112 valence electrons. The molecule has 2 aromatic rings. The van der Waals surface area contributed by atoms with Gasteiger partial charge in [0.2, 0.25) is 0 Å². The van der Waals surface area contributed by atoms with Crippen molar-refractivity contribution in [1.82, 2.24) is 4.90 Å². The van der Waals surface area contributed by atoms with Gasteiger partial charge in [-0.05, 0) is 30.7 Å². The van der Waals surface area contributed by atoms with Gasteiger partial charge in [-0.2, -0.15) is 0 Å². The minimum atomic E-state index is -1.21. The second kappa shape index (κ2) is 6.45. The van der Waals surface area contributed by atoms with Gasteiger partial charge >= 0.3 is 0 Å². The Labute approximate surface area is 123 Å². The molecule has 21 heavy (non-hydrogen) atoms. The highest BCUT2D eigenvalue weighted by Crippen LogP contribution is 2.21. The summed E-state index contributed by atoms with van der Waals surface area (Å²) in [5.74, 6) is 1.00. The number of ether oxygens (including phenoxy) is 1. The summed E-state index contributed by atoms with van der Waals surface area (Å²) in [5, 5.41) is 10.2. The molecule has 1 unspecified atom stereocenters. The average Bonchev–Trinajstić information content (AvgIpc) is 2.90. The maximum Gasteiger partial charge on any atom is 0.256 e. The van der Waals surface area contributed by atoms with Gasteiger partial charge < -0.3 is 19.2 Å². The summed E-state index contributed by atoms with van der Waals surface area (Å²) < 4.78 is 10.3. The minimum Gasteiger partial charge on any atom is -0.497 e. The van der Waals surface area contributed by atoms with E-state index in [1.165, 1.54) is 4.90 Å². The monoisotopic (exact) mass is 289 g/mol. The van der Waals surface area contributed by atoms with E-state index in [-0.39, 0.29) is 5.91 Å². The lowest BCUT2D eigenvalue weighted by Gasteiger charge is -2.21. The van der Waals surface area contributed by atoms with Crippen molar-refractivity contribution in [2.75, 3.05) is 14.2 Å². The first-order valence-corrected chi connectivity index (χ1v) is 6.63. The van der Waals surface area contributed by atoms with Crippen LogP contribution in [-0.2, 0) is 11.3 Å². The predicted octanol–water partition coefficient (Wildman–Crippen LogP) is 2.29. The number of rotatable bonds is 5. The molecule has 0 aliphatic rings. The zero-order valence-electron chi connectivity index (χ0n) is 12.4. The van der Waals surface area contributed by atoms with Crippen molar-refractivity contribution in [3.05, 3.63) is 53.5 Å². The second-order valence-electron chi connectivity index (χ2n) is 4.88. The second-order valence-corrected chi connectivity index (χ2v) is 4.88. The number of benzene rings is 1. The number of furan rings is 1. The number of nitrogens with zero attached hydrogens (tertiary/aromatic N) is 1. The largest absolute Gasteiger partial charge is 0.497 e. The molecule has 1 aromatic carbocycles. The summed E-state index contributed by atoms with van der Waals surface area (Å²) >= 11 is 0. The number of methoxy groups -OCH3 is 1. The van der Waals surface area contributed by atoms with Crippen LogP contribution in [0, 0.1) is 6.92 Å². The number of likely N-dealkylation sites (N-methyl/N-ethyl adjacent to an activating group) is 1. The Hall–Kier alpha value is -2.27. The van der Waals surface area contributed by atoms with Crippen molar-refractivity contribution >= 4 is 5.91 Å². The molecule has 1 amide bonds. The fourth-order valence-electron chi connectivity index (χ4n) is 2.07. The van der Waals surface area contributed by atoms with Crippen LogP contribution in [0.15, 0.2) is 41.0 Å². The molecule has 5 heteroatoms. The first-order valence-electron chi connectivity index (χ1n) is 6.63. The quantitative estimate of drug-likeness (QED) is 0.917. The zero-order valence-corrected chi connectivity index (χ0v) is 12.4. The van der Waals surface area contributed by atoms with E-state index in [1.807, 2.05) is 13.0 Å². The van der Waals surface area contributed by atoms with Crippen LogP contribution in [0.25, 0.3) is 0 Å². The van der Waals surface area contributed by atoms with E-state index in [1.54, 1.807) is 44.7 Å². The Balaban J connectivity index is 2.09. The van der Waals surface area contributed by atoms with Crippen LogP contribution in [0.2, 0.25) is 0 Å². The molecule has 0 spiro atoms. The first-order chi connectivity index (χ1) is 10.0. The molecule has 0 saturated heterocycles. The lowest BCUT2D eigenvalue weighted by atomic mass is 10.1. The summed E-state index contributed by atoms with van der Waals surface area (Å²) in [6.45, 7) is 2.23. The molecule has 0 aliphatic heterocycles. The van der Waals surface area contributed by atoms with Crippen molar-refractivity contribution in [1.29, 1.82) is 0 Å². The lowest BCUT2D eigenvalue weighted by molar-refractivity contribution is -0.139. The standard InChI is InChI=1S/C16H19NO4/c1-11-13(7-8-21-11)10-17(2)16(19)15(18)12-5-4-6-14(9-12)20-3/h4-9,15,18H,10H2,1-3H3. The van der Waals surface area contributed by atoms with Crippen molar-refractivity contribution in [2.24, 2.45) is 0 Å². The number of hydrogen-bond donors (Lipinski definition) is 1. The molecule has 0 saturated carbocycles. The maximum absolute atomic E-state index is 12.3. The fraction of sp³-hybridized carbons (Fsp3) is 0.312. The van der Waals surface area contributed by atoms with Crippen LogP contribution < -0.4 is 4.74 Å². The number of aryl methyl sites for hydroxylation is 1. The normalized spacial score (nSPS) is 12.0. The van der Waals surface area contributed by atoms with Crippen molar-refractivity contribution < 1.29 is 19.1 Å². The van der Waals surface area contributed by atoms with Crippen molar-refractivity contribution in [3.8, 4) is 5.75 Å². The number of hydrogen-bond acceptors (Lipinski definition) is 4. The highest BCUT2D eigenvalue weighted by atomic mass is 16.5. The predicted molar refractivity (Wildman–Crippen MR) is 77.9 cm³/mol. The number of aliphatic hydroxyl groups is 1. The number of amides is 1. The topological polar surface area (TPSA) is 62.9 Å². The molecular weight excluding hydrogens is 270 g/mol. The minimum absolute atomic E-state index is 0.371. The van der Waals surface area contributed by atoms with E-state index in [4.69, 9.17) is 9.15 Å². The van der Waals surface area contributed by atoms with Crippen molar-refractivity contribution in [2.45, 2.75) is 19.6 Å². The molecule has 1 aromatic heterocycles. The molecule has 2 rings (SSSR count). The summed E-state index contributed by atoms with van der Waals surface area (Å²) in [4.78, 5) is 13.8. The molecule has 0 fully saturated rings. The first kappa shape index (κ1) is 15.1. The van der Waals surface area contributed by atoms with Crippen LogP contribution in [0.1, 0.15) is 23.0 Å². The number of carbonyl (C=O) groups is 1. The van der Waals surface area contributed by atoms with Gasteiger partial charge in [0, 0.05) is 19.2 Å². The lowest BCUT2D eigenvalue weighted by Crippen LogP contribution is -2.31. The highest BCUT2D eigenvalue weighted by molar-refractivity contribution is 5.82. The van der Waals surface area contributed by atoms with Crippen LogP contribution in [0.5, 0.6) is 5.75 Å². The summed E-state index contributed by atoms with van der Waals surface area (Å²) in [6.07, 6.45) is 0.374. The Morgan fingerprint density at radius 2 is 2.19 bits per heavy atom. The van der Waals surface area contributed by atoms with Crippen LogP contribution in [-0.4, -0.2) is 30.1 Å². The molecular formula is C16H19NO4. The smallest absolute Gasteiger partial charge is 0.256 e. The molecule has 0 bridgehead atoms. The van der Waals surface area contributed by atoms with Crippen molar-refractivity contribution in [3.63, 3.8) is 0 Å². The van der Waals surface area contributed by atoms with E-state index >= 15 is 0 Å². The Morgan fingerprint density at radius 1 is 1.43 bits per heavy atom. The van der Waals surface area contributed by atoms with Crippen LogP contribution >= 0.6 is 0 Å². The summed E-state index contributed by atoms with van der Waals surface area (Å²) in [6, 6.07) is 8.67. The van der Waals surface area contributed by atoms with Gasteiger partial charge in [-0.15, -0.1) is 0 Å². The average molecular weight is 289 g/mol. The number of carbonyl (C=O) groups excluding carboxylic acids is 1. The van der Waals surface area contributed by atoms with E-state index in [9.17, 15) is 9.90 Å². The number of aliphatic hydroxyl groups excluding tert-OH is 1. The van der Waals surface area contributed by atoms with Crippen LogP contribution in [0.4, 0.5) is 0 Å². The molecule has 5 nitrogen and oxygen atoms in total.